The molecule has 0 saturated heterocycles. The third kappa shape index (κ3) is 3.27. The fraction of sp³-hybridized carbons (Fsp3) is 0.750. The van der Waals surface area contributed by atoms with Crippen LogP contribution in [0.3, 0.4) is 0 Å². The molecule has 6 heteroatoms. The first-order chi connectivity index (χ1) is 6.39. The average Bonchev–Trinajstić information content (AvgIpc) is 2.30. The quantitative estimate of drug-likeness (QED) is 0.809. The van der Waals surface area contributed by atoms with Crippen molar-refractivity contribution in [3.63, 3.8) is 0 Å². The Morgan fingerprint density at radius 3 is 2.64 bits per heavy atom. The van der Waals surface area contributed by atoms with E-state index in [1.807, 2.05) is 0 Å². The molecule has 14 heavy (non-hydrogen) atoms. The molecule has 1 aromatic rings. The zero-order valence-corrected chi connectivity index (χ0v) is 8.24. The van der Waals surface area contributed by atoms with Crippen LogP contribution in [0.15, 0.2) is 6.20 Å². The molecule has 0 fully saturated rings. The lowest BCUT2D eigenvalue weighted by Crippen LogP contribution is -2.24. The number of nitrogen functional groups attached to an aromatic ring is 1. The fourth-order valence-corrected chi connectivity index (χ4v) is 1.25. The maximum Gasteiger partial charge on any atom is 0.239 e. The van der Waals surface area contributed by atoms with Crippen molar-refractivity contribution in [1.29, 1.82) is 0 Å². The summed E-state index contributed by atoms with van der Waals surface area (Å²) in [6, 6.07) is 0. The molecule has 0 unspecified atom stereocenters. The van der Waals surface area contributed by atoms with E-state index in [0.29, 0.717) is 12.4 Å². The predicted octanol–water partition coefficient (Wildman–Crippen LogP) is 1.54. The molecule has 2 N–H and O–H groups in total. The highest BCUT2D eigenvalue weighted by Crippen LogP contribution is 2.25. The second kappa shape index (κ2) is 3.89. The number of alkyl halides is 2. The average molecular weight is 204 g/mol. The fourth-order valence-electron chi connectivity index (χ4n) is 1.25. The summed E-state index contributed by atoms with van der Waals surface area (Å²) in [5.41, 5.74) is 4.83. The smallest absolute Gasteiger partial charge is 0.239 e. The van der Waals surface area contributed by atoms with E-state index in [4.69, 9.17) is 5.73 Å². The van der Waals surface area contributed by atoms with Crippen LogP contribution in [-0.2, 0) is 6.54 Å². The highest BCUT2D eigenvalue weighted by Gasteiger charge is 2.24. The molecule has 1 rings (SSSR count). The molecule has 0 radical (unpaired) electrons. The lowest BCUT2D eigenvalue weighted by molar-refractivity contribution is 0.0756. The van der Waals surface area contributed by atoms with Gasteiger partial charge in [0.15, 0.2) is 5.82 Å². The van der Waals surface area contributed by atoms with Gasteiger partial charge in [0.05, 0.1) is 12.7 Å². The summed E-state index contributed by atoms with van der Waals surface area (Å²) in [5, 5.41) is 7.69. The normalized spacial score (nSPS) is 12.4. The minimum atomic E-state index is -2.31. The first-order valence-electron chi connectivity index (χ1n) is 4.33. The summed E-state index contributed by atoms with van der Waals surface area (Å²) < 4.78 is 24.3. The lowest BCUT2D eigenvalue weighted by atomic mass is 9.90. The third-order valence-corrected chi connectivity index (χ3v) is 1.83. The van der Waals surface area contributed by atoms with Gasteiger partial charge < -0.3 is 5.73 Å². The van der Waals surface area contributed by atoms with Crippen LogP contribution in [0.5, 0.6) is 0 Å². The molecule has 0 bridgehead atoms. The molecule has 0 aliphatic rings. The predicted molar refractivity (Wildman–Crippen MR) is 48.8 cm³/mol. The molecule has 0 aliphatic heterocycles. The van der Waals surface area contributed by atoms with Gasteiger partial charge in [-0.05, 0) is 5.41 Å². The minimum Gasteiger partial charge on any atom is -0.381 e. The van der Waals surface area contributed by atoms with Crippen molar-refractivity contribution in [2.45, 2.75) is 33.2 Å². The summed E-state index contributed by atoms with van der Waals surface area (Å²) in [7, 11) is 0. The van der Waals surface area contributed by atoms with E-state index in [1.165, 1.54) is 11.0 Å². The Hall–Kier alpha value is -1.20. The van der Waals surface area contributed by atoms with Crippen LogP contribution in [0.25, 0.3) is 0 Å². The van der Waals surface area contributed by atoms with Crippen molar-refractivity contribution in [3.05, 3.63) is 6.20 Å². The molecule has 0 atom stereocenters. The topological polar surface area (TPSA) is 56.7 Å². The second-order valence-electron chi connectivity index (χ2n) is 4.06. The van der Waals surface area contributed by atoms with E-state index in [9.17, 15) is 8.78 Å². The second-order valence-corrected chi connectivity index (χ2v) is 4.06. The van der Waals surface area contributed by atoms with Crippen LogP contribution in [-0.4, -0.2) is 21.4 Å². The highest BCUT2D eigenvalue weighted by molar-refractivity contribution is 5.19. The summed E-state index contributed by atoms with van der Waals surface area (Å²) in [6.45, 7) is 3.84. The SMILES string of the molecule is CC(C)(CC(F)F)Cn1ncc(N)n1. The van der Waals surface area contributed by atoms with Crippen molar-refractivity contribution in [3.8, 4) is 0 Å². The minimum absolute atomic E-state index is 0.172. The number of rotatable bonds is 4. The molecular formula is C8H14F2N4. The molecule has 0 aliphatic carbocycles. The molecule has 1 heterocycles. The molecular weight excluding hydrogens is 190 g/mol. The zero-order valence-electron chi connectivity index (χ0n) is 8.24. The monoisotopic (exact) mass is 204 g/mol. The van der Waals surface area contributed by atoms with Gasteiger partial charge in [0, 0.05) is 6.42 Å². The molecule has 0 spiro atoms. The van der Waals surface area contributed by atoms with Crippen LogP contribution >= 0.6 is 0 Å². The van der Waals surface area contributed by atoms with Crippen LogP contribution in [0, 0.1) is 5.41 Å². The molecule has 0 aromatic carbocycles. The first-order valence-corrected chi connectivity index (χ1v) is 4.33. The van der Waals surface area contributed by atoms with Crippen molar-refractivity contribution in [2.24, 2.45) is 5.41 Å². The lowest BCUT2D eigenvalue weighted by Gasteiger charge is -2.22. The number of aromatic nitrogens is 3. The Labute approximate surface area is 81.1 Å². The van der Waals surface area contributed by atoms with Crippen molar-refractivity contribution >= 4 is 5.82 Å². The molecule has 1 aromatic heterocycles. The summed E-state index contributed by atoms with van der Waals surface area (Å²) >= 11 is 0. The van der Waals surface area contributed by atoms with Crippen LogP contribution in [0.2, 0.25) is 0 Å². The Kier molecular flexibility index (Phi) is 3.03. The number of nitrogens with zero attached hydrogens (tertiary/aromatic N) is 3. The number of hydrogen-bond acceptors (Lipinski definition) is 3. The van der Waals surface area contributed by atoms with Gasteiger partial charge in [-0.1, -0.05) is 13.8 Å². The molecule has 0 saturated carbocycles. The largest absolute Gasteiger partial charge is 0.381 e. The van der Waals surface area contributed by atoms with Crippen molar-refractivity contribution < 1.29 is 8.78 Å². The first kappa shape index (κ1) is 10.9. The molecule has 80 valence electrons. The Morgan fingerprint density at radius 2 is 2.21 bits per heavy atom. The van der Waals surface area contributed by atoms with E-state index in [0.717, 1.165) is 0 Å². The van der Waals surface area contributed by atoms with E-state index in [-0.39, 0.29) is 6.42 Å². The Balaban J connectivity index is 2.58. The van der Waals surface area contributed by atoms with Crippen LogP contribution < -0.4 is 5.73 Å². The summed E-state index contributed by atoms with van der Waals surface area (Å²) in [4.78, 5) is 1.34. The maximum absolute atomic E-state index is 12.2. The van der Waals surface area contributed by atoms with E-state index in [2.05, 4.69) is 10.2 Å². The number of nitrogens with two attached hydrogens (primary N) is 1. The highest BCUT2D eigenvalue weighted by atomic mass is 19.3. The Morgan fingerprint density at radius 1 is 1.57 bits per heavy atom. The van der Waals surface area contributed by atoms with Gasteiger partial charge >= 0.3 is 0 Å². The standard InChI is InChI=1S/C8H14F2N4/c1-8(2,3-6(9)10)5-14-12-4-7(11)13-14/h4,6H,3,5H2,1-2H3,(H2,11,13). The van der Waals surface area contributed by atoms with Gasteiger partial charge in [0.25, 0.3) is 0 Å². The van der Waals surface area contributed by atoms with Gasteiger partial charge in [-0.25, -0.2) is 8.78 Å². The maximum atomic E-state index is 12.2. The summed E-state index contributed by atoms with van der Waals surface area (Å²) in [6.07, 6.45) is -1.08. The number of hydrogen-bond donors (Lipinski definition) is 1. The number of halogens is 2. The van der Waals surface area contributed by atoms with Gasteiger partial charge in [-0.2, -0.15) is 9.90 Å². The molecule has 0 amide bonds. The summed E-state index contributed by atoms with van der Waals surface area (Å²) in [5.74, 6) is 0.304. The van der Waals surface area contributed by atoms with Crippen LogP contribution in [0.1, 0.15) is 20.3 Å². The van der Waals surface area contributed by atoms with E-state index in [1.54, 1.807) is 13.8 Å². The zero-order chi connectivity index (χ0) is 10.8. The van der Waals surface area contributed by atoms with E-state index < -0.39 is 11.8 Å². The third-order valence-electron chi connectivity index (χ3n) is 1.83. The van der Waals surface area contributed by atoms with Gasteiger partial charge in [0.2, 0.25) is 6.43 Å². The van der Waals surface area contributed by atoms with Crippen molar-refractivity contribution in [1.82, 2.24) is 15.0 Å². The van der Waals surface area contributed by atoms with Crippen LogP contribution in [0.4, 0.5) is 14.6 Å². The van der Waals surface area contributed by atoms with Gasteiger partial charge in [-0.3, -0.25) is 0 Å². The van der Waals surface area contributed by atoms with Gasteiger partial charge in [0.1, 0.15) is 0 Å². The van der Waals surface area contributed by atoms with Gasteiger partial charge in [-0.15, -0.1) is 5.10 Å². The van der Waals surface area contributed by atoms with Crippen molar-refractivity contribution in [2.75, 3.05) is 5.73 Å². The van der Waals surface area contributed by atoms with E-state index >= 15 is 0 Å². The number of anilines is 1. The molecule has 4 nitrogen and oxygen atoms in total. The Bertz CT molecular complexity index is 295.